The molecule has 3 aromatic rings. The number of carboxylic acid groups (broad SMARTS) is 1. The van der Waals surface area contributed by atoms with Crippen LogP contribution in [0.2, 0.25) is 5.02 Å². The molecule has 0 spiro atoms. The summed E-state index contributed by atoms with van der Waals surface area (Å²) in [5, 5.41) is 11.2. The van der Waals surface area contributed by atoms with E-state index in [2.05, 4.69) is 26.3 Å². The number of hydrogen-bond donors (Lipinski definition) is 2. The lowest BCUT2D eigenvalue weighted by Gasteiger charge is -2.34. The second-order valence-corrected chi connectivity index (χ2v) is 9.83. The Bertz CT molecular complexity index is 1250. The van der Waals surface area contributed by atoms with Gasteiger partial charge < -0.3 is 14.7 Å². The Morgan fingerprint density at radius 1 is 1.08 bits per heavy atom. The molecule has 196 valence electrons. The van der Waals surface area contributed by atoms with Crippen LogP contribution in [0.25, 0.3) is 0 Å². The van der Waals surface area contributed by atoms with Gasteiger partial charge in [-0.2, -0.15) is 0 Å². The van der Waals surface area contributed by atoms with Crippen LogP contribution in [0.15, 0.2) is 65.1 Å². The summed E-state index contributed by atoms with van der Waals surface area (Å²) in [5.41, 5.74) is 6.13. The molecule has 10 heteroatoms. The second kappa shape index (κ2) is 13.0. The molecule has 0 unspecified atom stereocenters. The van der Waals surface area contributed by atoms with Gasteiger partial charge in [0.25, 0.3) is 0 Å². The zero-order valence-corrected chi connectivity index (χ0v) is 23.4. The van der Waals surface area contributed by atoms with Crippen molar-refractivity contribution in [2.45, 2.75) is 25.7 Å². The Morgan fingerprint density at radius 3 is 2.41 bits per heavy atom. The zero-order valence-electron chi connectivity index (χ0n) is 20.2. The van der Waals surface area contributed by atoms with E-state index in [0.717, 1.165) is 47.5 Å². The van der Waals surface area contributed by atoms with Crippen LogP contribution in [0.4, 0.5) is 17.1 Å². The molecule has 7 nitrogen and oxygen atoms in total. The quantitative estimate of drug-likeness (QED) is 0.273. The van der Waals surface area contributed by atoms with E-state index >= 15 is 0 Å². The first-order valence-electron chi connectivity index (χ1n) is 11.7. The van der Waals surface area contributed by atoms with E-state index in [4.69, 9.17) is 16.3 Å². The number of nitrogens with one attached hydrogen (secondary N) is 1. The fraction of sp³-hybridized carbons (Fsp3) is 0.259. The molecule has 37 heavy (non-hydrogen) atoms. The van der Waals surface area contributed by atoms with Crippen LogP contribution in [0.3, 0.4) is 0 Å². The van der Waals surface area contributed by atoms with Gasteiger partial charge in [-0.15, -0.1) is 12.4 Å². The molecule has 1 fully saturated rings. The Hall–Kier alpha value is -2.94. The highest BCUT2D eigenvalue weighted by atomic mass is 79.9. The summed E-state index contributed by atoms with van der Waals surface area (Å²) >= 11 is 9.85. The molecule has 1 aliphatic heterocycles. The summed E-state index contributed by atoms with van der Waals surface area (Å²) in [6, 6.07) is 18.2. The maximum Gasteiger partial charge on any atom is 0.339 e. The molecule has 1 aliphatic rings. The Kier molecular flexibility index (Phi) is 10.1. The third-order valence-corrected chi connectivity index (χ3v) is 6.98. The molecule has 3 aromatic carbocycles. The van der Waals surface area contributed by atoms with Crippen molar-refractivity contribution in [3.05, 3.63) is 81.3 Å². The standard InChI is InChI=1S/C27H27BrClN3O4.ClH/c1-36-25-15-18(22(29)17-21(25)27(34)35)16-26(33)32(30-20-11-9-19(28)10-12-20)24-8-4-3-7-23(24)31-13-5-2-6-14-31;/h3-4,7-12,15,17,30H,2,5-6,13-14,16H2,1H3,(H,34,35);1H. The third kappa shape index (κ3) is 6.89. The van der Waals surface area contributed by atoms with Gasteiger partial charge >= 0.3 is 5.97 Å². The van der Waals surface area contributed by atoms with Gasteiger partial charge in [-0.3, -0.25) is 10.2 Å². The minimum Gasteiger partial charge on any atom is -0.496 e. The number of aromatic carboxylic acids is 1. The molecule has 1 heterocycles. The van der Waals surface area contributed by atoms with Gasteiger partial charge in [0, 0.05) is 22.6 Å². The number of benzene rings is 3. The molecular formula is C27H28BrCl2N3O4. The number of carbonyl (C=O) groups excluding carboxylic acids is 1. The number of methoxy groups -OCH3 is 1. The summed E-state index contributed by atoms with van der Waals surface area (Å²) in [6.07, 6.45) is 3.35. The van der Waals surface area contributed by atoms with Crippen molar-refractivity contribution in [3.8, 4) is 5.75 Å². The SMILES string of the molecule is COc1cc(CC(=O)N(Nc2ccc(Br)cc2)c2ccccc2N2CCCCC2)c(Cl)cc1C(=O)O.Cl. The Balaban J connectivity index is 0.00000380. The number of hydrazine groups is 1. The largest absolute Gasteiger partial charge is 0.496 e. The van der Waals surface area contributed by atoms with E-state index in [1.165, 1.54) is 25.7 Å². The van der Waals surface area contributed by atoms with E-state index in [9.17, 15) is 14.7 Å². The molecule has 0 aliphatic carbocycles. The predicted molar refractivity (Wildman–Crippen MR) is 154 cm³/mol. The van der Waals surface area contributed by atoms with Gasteiger partial charge in [-0.05, 0) is 73.4 Å². The number of rotatable bonds is 8. The van der Waals surface area contributed by atoms with E-state index in [0.29, 0.717) is 5.56 Å². The van der Waals surface area contributed by atoms with Crippen molar-refractivity contribution in [1.29, 1.82) is 0 Å². The predicted octanol–water partition coefficient (Wildman–Crippen LogP) is 6.82. The molecule has 4 rings (SSSR count). The number of carbonyl (C=O) groups is 2. The lowest BCUT2D eigenvalue weighted by molar-refractivity contribution is -0.117. The van der Waals surface area contributed by atoms with Crippen LogP contribution in [0, 0.1) is 0 Å². The molecule has 0 saturated carbocycles. The third-order valence-electron chi connectivity index (χ3n) is 6.09. The van der Waals surface area contributed by atoms with Crippen LogP contribution in [0.1, 0.15) is 35.2 Å². The second-order valence-electron chi connectivity index (χ2n) is 8.51. The highest BCUT2D eigenvalue weighted by Gasteiger charge is 2.25. The van der Waals surface area contributed by atoms with Crippen molar-refractivity contribution in [2.24, 2.45) is 0 Å². The van der Waals surface area contributed by atoms with Crippen molar-refractivity contribution < 1.29 is 19.4 Å². The van der Waals surface area contributed by atoms with Crippen LogP contribution in [-0.2, 0) is 11.2 Å². The van der Waals surface area contributed by atoms with Crippen molar-refractivity contribution >= 4 is 68.9 Å². The lowest BCUT2D eigenvalue weighted by atomic mass is 10.1. The van der Waals surface area contributed by atoms with E-state index in [-0.39, 0.29) is 41.1 Å². The molecule has 0 atom stereocenters. The minimum absolute atomic E-state index is 0. The van der Waals surface area contributed by atoms with Gasteiger partial charge in [-0.25, -0.2) is 9.80 Å². The lowest BCUT2D eigenvalue weighted by Crippen LogP contribution is -2.39. The highest BCUT2D eigenvalue weighted by molar-refractivity contribution is 9.10. The molecule has 1 amide bonds. The van der Waals surface area contributed by atoms with Gasteiger partial charge in [0.1, 0.15) is 11.3 Å². The number of carboxylic acids is 1. The summed E-state index contributed by atoms with van der Waals surface area (Å²) in [4.78, 5) is 27.7. The smallest absolute Gasteiger partial charge is 0.339 e. The fourth-order valence-electron chi connectivity index (χ4n) is 4.27. The number of hydrogen-bond acceptors (Lipinski definition) is 5. The molecule has 0 radical (unpaired) electrons. The molecule has 2 N–H and O–H groups in total. The van der Waals surface area contributed by atoms with Crippen LogP contribution in [-0.4, -0.2) is 37.2 Å². The number of nitrogens with zero attached hydrogens (tertiary/aromatic N) is 2. The Labute approximate surface area is 235 Å². The summed E-state index contributed by atoms with van der Waals surface area (Å²) < 4.78 is 6.17. The van der Waals surface area contributed by atoms with Crippen molar-refractivity contribution in [2.75, 3.05) is 35.5 Å². The van der Waals surface area contributed by atoms with Gasteiger partial charge in [0.05, 0.1) is 30.6 Å². The summed E-state index contributed by atoms with van der Waals surface area (Å²) in [5.74, 6) is -1.26. The van der Waals surface area contributed by atoms with Gasteiger partial charge in [0.15, 0.2) is 0 Å². The van der Waals surface area contributed by atoms with E-state index in [1.54, 1.807) is 5.01 Å². The average molecular weight is 609 g/mol. The molecule has 1 saturated heterocycles. The maximum atomic E-state index is 13.8. The van der Waals surface area contributed by atoms with Crippen LogP contribution < -0.4 is 20.1 Å². The first-order chi connectivity index (χ1) is 17.4. The average Bonchev–Trinajstić information content (AvgIpc) is 2.89. The van der Waals surface area contributed by atoms with Crippen LogP contribution in [0.5, 0.6) is 5.75 Å². The normalized spacial score (nSPS) is 12.9. The molecule has 0 aromatic heterocycles. The van der Waals surface area contributed by atoms with Crippen molar-refractivity contribution in [1.82, 2.24) is 0 Å². The molecular weight excluding hydrogens is 581 g/mol. The minimum atomic E-state index is -1.15. The van der Waals surface area contributed by atoms with Crippen LogP contribution >= 0.6 is 39.9 Å². The first kappa shape index (κ1) is 28.6. The maximum absolute atomic E-state index is 13.8. The van der Waals surface area contributed by atoms with E-state index in [1.807, 2.05) is 48.5 Å². The first-order valence-corrected chi connectivity index (χ1v) is 12.8. The number of halogens is 3. The summed E-state index contributed by atoms with van der Waals surface area (Å²) in [6.45, 7) is 1.86. The summed E-state index contributed by atoms with van der Waals surface area (Å²) in [7, 11) is 1.39. The number of piperidine rings is 1. The Morgan fingerprint density at radius 2 is 1.76 bits per heavy atom. The number of ether oxygens (including phenoxy) is 1. The number of anilines is 3. The number of para-hydroxylation sites is 2. The number of amides is 1. The monoisotopic (exact) mass is 607 g/mol. The van der Waals surface area contributed by atoms with Crippen molar-refractivity contribution in [3.63, 3.8) is 0 Å². The fourth-order valence-corrected chi connectivity index (χ4v) is 4.77. The van der Waals surface area contributed by atoms with Gasteiger partial charge in [0.2, 0.25) is 5.91 Å². The molecule has 0 bridgehead atoms. The van der Waals surface area contributed by atoms with E-state index < -0.39 is 5.97 Å². The zero-order chi connectivity index (χ0) is 25.7. The topological polar surface area (TPSA) is 82.1 Å². The highest BCUT2D eigenvalue weighted by Crippen LogP contribution is 2.34. The van der Waals surface area contributed by atoms with Gasteiger partial charge in [-0.1, -0.05) is 39.7 Å².